The van der Waals surface area contributed by atoms with Crippen LogP contribution in [0.2, 0.25) is 0 Å². The average molecular weight is 250 g/mol. The summed E-state index contributed by atoms with van der Waals surface area (Å²) in [4.78, 5) is 12.6. The van der Waals surface area contributed by atoms with Crippen molar-refractivity contribution < 1.29 is 9.18 Å². The van der Waals surface area contributed by atoms with E-state index in [1.807, 2.05) is 0 Å². The summed E-state index contributed by atoms with van der Waals surface area (Å²) in [6.07, 6.45) is 0. The Kier molecular flexibility index (Phi) is 4.93. The molecule has 0 aromatic heterocycles. The zero-order valence-electron chi connectivity index (χ0n) is 10.3. The molecule has 0 aliphatic heterocycles. The van der Waals surface area contributed by atoms with E-state index < -0.39 is 5.82 Å². The summed E-state index contributed by atoms with van der Waals surface area (Å²) in [7, 11) is 3.30. The van der Waals surface area contributed by atoms with Gasteiger partial charge in [-0.05, 0) is 18.2 Å². The summed E-state index contributed by atoms with van der Waals surface area (Å²) in [5.41, 5.74) is 0.590. The SMILES string of the molecule is CN(C)C(=O)NCCNc1ccc(C#N)c(F)c1. The third-order valence-corrected chi connectivity index (χ3v) is 2.23. The molecule has 2 N–H and O–H groups in total. The summed E-state index contributed by atoms with van der Waals surface area (Å²) in [6.45, 7) is 0.906. The Hall–Kier alpha value is -2.29. The number of hydrogen-bond acceptors (Lipinski definition) is 3. The molecule has 0 radical (unpaired) electrons. The zero-order valence-corrected chi connectivity index (χ0v) is 10.3. The number of nitrogens with one attached hydrogen (secondary N) is 2. The first-order valence-corrected chi connectivity index (χ1v) is 5.43. The topological polar surface area (TPSA) is 68.2 Å². The molecule has 1 aromatic carbocycles. The van der Waals surface area contributed by atoms with Gasteiger partial charge in [-0.25, -0.2) is 9.18 Å². The highest BCUT2D eigenvalue weighted by Gasteiger charge is 2.03. The van der Waals surface area contributed by atoms with E-state index in [-0.39, 0.29) is 11.6 Å². The number of nitriles is 1. The molecule has 0 spiro atoms. The molecule has 6 heteroatoms. The fourth-order valence-electron chi connectivity index (χ4n) is 1.25. The molecule has 1 aromatic rings. The smallest absolute Gasteiger partial charge is 0.316 e. The summed E-state index contributed by atoms with van der Waals surface area (Å²) < 4.78 is 13.3. The molecule has 0 aliphatic rings. The summed E-state index contributed by atoms with van der Waals surface area (Å²) in [5.74, 6) is -0.556. The van der Waals surface area contributed by atoms with Gasteiger partial charge < -0.3 is 15.5 Å². The standard InChI is InChI=1S/C12H15FN4O/c1-17(2)12(18)16-6-5-15-10-4-3-9(8-14)11(13)7-10/h3-4,7,15H,5-6H2,1-2H3,(H,16,18). The molecule has 0 atom stereocenters. The minimum absolute atomic E-state index is 0.0152. The lowest BCUT2D eigenvalue weighted by molar-refractivity contribution is 0.218. The number of benzene rings is 1. The Morgan fingerprint density at radius 3 is 2.72 bits per heavy atom. The van der Waals surface area contributed by atoms with E-state index >= 15 is 0 Å². The summed E-state index contributed by atoms with van der Waals surface area (Å²) >= 11 is 0. The Morgan fingerprint density at radius 2 is 2.17 bits per heavy atom. The molecule has 18 heavy (non-hydrogen) atoms. The lowest BCUT2D eigenvalue weighted by Crippen LogP contribution is -2.37. The van der Waals surface area contributed by atoms with Gasteiger partial charge >= 0.3 is 6.03 Å². The quantitative estimate of drug-likeness (QED) is 0.793. The maximum Gasteiger partial charge on any atom is 0.316 e. The van der Waals surface area contributed by atoms with Crippen LogP contribution in [0.5, 0.6) is 0 Å². The van der Waals surface area contributed by atoms with Crippen LogP contribution < -0.4 is 10.6 Å². The van der Waals surface area contributed by atoms with Gasteiger partial charge in [0.15, 0.2) is 0 Å². The van der Waals surface area contributed by atoms with Gasteiger partial charge in [0, 0.05) is 32.9 Å². The molecule has 0 saturated heterocycles. The third-order valence-electron chi connectivity index (χ3n) is 2.23. The molecule has 1 rings (SSSR count). The highest BCUT2D eigenvalue weighted by molar-refractivity contribution is 5.73. The van der Waals surface area contributed by atoms with Crippen LogP contribution in [-0.2, 0) is 0 Å². The number of rotatable bonds is 4. The second-order valence-electron chi connectivity index (χ2n) is 3.86. The third kappa shape index (κ3) is 3.94. The van der Waals surface area contributed by atoms with Crippen LogP contribution in [0.15, 0.2) is 18.2 Å². The molecule has 5 nitrogen and oxygen atoms in total. The number of anilines is 1. The van der Waals surface area contributed by atoms with Crippen LogP contribution in [0.25, 0.3) is 0 Å². The molecule has 0 aliphatic carbocycles. The molecule has 0 bridgehead atoms. The van der Waals surface area contributed by atoms with Gasteiger partial charge in [-0.3, -0.25) is 0 Å². The number of halogens is 1. The average Bonchev–Trinajstić information content (AvgIpc) is 2.34. The molecule has 2 amide bonds. The van der Waals surface area contributed by atoms with Crippen LogP contribution in [-0.4, -0.2) is 38.1 Å². The van der Waals surface area contributed by atoms with Crippen molar-refractivity contribution in [2.45, 2.75) is 0 Å². The number of amides is 2. The van der Waals surface area contributed by atoms with Gasteiger partial charge in [0.1, 0.15) is 11.9 Å². The van der Waals surface area contributed by atoms with Gasteiger partial charge in [0.25, 0.3) is 0 Å². The molecule has 0 heterocycles. The van der Waals surface area contributed by atoms with Crippen LogP contribution in [0.1, 0.15) is 5.56 Å². The zero-order chi connectivity index (χ0) is 13.5. The number of carbonyl (C=O) groups excluding carboxylic acids is 1. The fourth-order valence-corrected chi connectivity index (χ4v) is 1.25. The van der Waals surface area contributed by atoms with E-state index in [1.165, 1.54) is 17.0 Å². The Labute approximate surface area is 105 Å². The van der Waals surface area contributed by atoms with E-state index in [1.54, 1.807) is 26.2 Å². The first-order valence-electron chi connectivity index (χ1n) is 5.43. The monoisotopic (exact) mass is 250 g/mol. The number of carbonyl (C=O) groups is 1. The molecule has 0 unspecified atom stereocenters. The van der Waals surface area contributed by atoms with Crippen molar-refractivity contribution >= 4 is 11.7 Å². The lowest BCUT2D eigenvalue weighted by atomic mass is 10.2. The van der Waals surface area contributed by atoms with Crippen molar-refractivity contribution in [2.75, 3.05) is 32.5 Å². The Morgan fingerprint density at radius 1 is 1.44 bits per heavy atom. The first kappa shape index (κ1) is 13.8. The molecular weight excluding hydrogens is 235 g/mol. The van der Waals surface area contributed by atoms with E-state index in [2.05, 4.69) is 10.6 Å². The predicted molar refractivity (Wildman–Crippen MR) is 66.7 cm³/mol. The van der Waals surface area contributed by atoms with Gasteiger partial charge in [0.05, 0.1) is 5.56 Å². The highest BCUT2D eigenvalue weighted by atomic mass is 19.1. The van der Waals surface area contributed by atoms with Crippen LogP contribution in [0, 0.1) is 17.1 Å². The van der Waals surface area contributed by atoms with Gasteiger partial charge in [0.2, 0.25) is 0 Å². The summed E-state index contributed by atoms with van der Waals surface area (Å²) in [6, 6.07) is 5.86. The van der Waals surface area contributed by atoms with E-state index in [4.69, 9.17) is 5.26 Å². The van der Waals surface area contributed by atoms with Crippen molar-refractivity contribution in [1.29, 1.82) is 5.26 Å². The van der Waals surface area contributed by atoms with Gasteiger partial charge in [-0.15, -0.1) is 0 Å². The van der Waals surface area contributed by atoms with Gasteiger partial charge in [-0.2, -0.15) is 5.26 Å². The lowest BCUT2D eigenvalue weighted by Gasteiger charge is -2.12. The van der Waals surface area contributed by atoms with E-state index in [0.717, 1.165) is 0 Å². The molecule has 96 valence electrons. The van der Waals surface area contributed by atoms with Gasteiger partial charge in [-0.1, -0.05) is 0 Å². The molecular formula is C12H15FN4O. The highest BCUT2D eigenvalue weighted by Crippen LogP contribution is 2.13. The maximum absolute atomic E-state index is 13.3. The minimum atomic E-state index is -0.556. The van der Waals surface area contributed by atoms with Crippen molar-refractivity contribution in [3.8, 4) is 6.07 Å². The second-order valence-corrected chi connectivity index (χ2v) is 3.86. The molecule has 0 saturated carbocycles. The Bertz CT molecular complexity index is 468. The maximum atomic E-state index is 13.3. The van der Waals surface area contributed by atoms with Crippen molar-refractivity contribution in [3.63, 3.8) is 0 Å². The normalized spacial score (nSPS) is 9.44. The van der Waals surface area contributed by atoms with Crippen LogP contribution >= 0.6 is 0 Å². The number of urea groups is 1. The number of nitrogens with zero attached hydrogens (tertiary/aromatic N) is 2. The fraction of sp³-hybridized carbons (Fsp3) is 0.333. The minimum Gasteiger partial charge on any atom is -0.383 e. The largest absolute Gasteiger partial charge is 0.383 e. The summed E-state index contributed by atoms with van der Waals surface area (Å²) in [5, 5.41) is 14.2. The number of hydrogen-bond donors (Lipinski definition) is 2. The van der Waals surface area contributed by atoms with Crippen molar-refractivity contribution in [1.82, 2.24) is 10.2 Å². The predicted octanol–water partition coefficient (Wildman–Crippen LogP) is 1.38. The van der Waals surface area contributed by atoms with E-state index in [0.29, 0.717) is 18.8 Å². The van der Waals surface area contributed by atoms with E-state index in [9.17, 15) is 9.18 Å². The first-order chi connectivity index (χ1) is 8.54. The van der Waals surface area contributed by atoms with Crippen molar-refractivity contribution in [3.05, 3.63) is 29.6 Å². The second kappa shape index (κ2) is 6.45. The molecule has 0 fully saturated rings. The Balaban J connectivity index is 2.39. The van der Waals surface area contributed by atoms with Crippen molar-refractivity contribution in [2.24, 2.45) is 0 Å². The van der Waals surface area contributed by atoms with Crippen LogP contribution in [0.4, 0.5) is 14.9 Å². The van der Waals surface area contributed by atoms with Crippen LogP contribution in [0.3, 0.4) is 0 Å².